The van der Waals surface area contributed by atoms with Crippen LogP contribution in [-0.4, -0.2) is 43.2 Å². The van der Waals surface area contributed by atoms with Crippen LogP contribution in [0.25, 0.3) is 211 Å². The van der Waals surface area contributed by atoms with E-state index >= 15 is 0 Å². The molecule has 0 radical (unpaired) electrons. The molecule has 0 saturated heterocycles. The zero-order valence-electron chi connectivity index (χ0n) is 62.9. The molecule has 0 atom stereocenters. The summed E-state index contributed by atoms with van der Waals surface area (Å²) >= 11 is 0. The van der Waals surface area contributed by atoms with E-state index in [1.165, 1.54) is 76.6 Å². The summed E-state index contributed by atoms with van der Waals surface area (Å²) in [6, 6.07) is 149. The van der Waals surface area contributed by atoms with Crippen LogP contribution in [0.1, 0.15) is 0 Å². The Morgan fingerprint density at radius 3 is 0.914 bits per heavy atom. The molecule has 9 heteroatoms. The van der Waals surface area contributed by atoms with Crippen molar-refractivity contribution in [3.05, 3.63) is 419 Å². The van der Waals surface area contributed by atoms with Crippen LogP contribution in [0, 0.1) is 0 Å². The highest BCUT2D eigenvalue weighted by Gasteiger charge is 2.23. The molecule has 17 aromatic carbocycles. The molecular formula is C107H69N9. The Morgan fingerprint density at radius 2 is 0.457 bits per heavy atom. The van der Waals surface area contributed by atoms with E-state index in [1.807, 2.05) is 60.7 Å². The maximum absolute atomic E-state index is 5.36. The summed E-state index contributed by atoms with van der Waals surface area (Å²) in [7, 11) is 0. The Morgan fingerprint density at radius 1 is 0.147 bits per heavy atom. The highest BCUT2D eigenvalue weighted by molar-refractivity contribution is 6.15. The maximum atomic E-state index is 5.36. The predicted octanol–water partition coefficient (Wildman–Crippen LogP) is 27.2. The average molecular weight is 1480 g/mol. The zero-order valence-corrected chi connectivity index (χ0v) is 62.9. The van der Waals surface area contributed by atoms with Crippen molar-refractivity contribution < 1.29 is 0 Å². The van der Waals surface area contributed by atoms with E-state index in [4.69, 9.17) is 24.9 Å². The molecule has 0 amide bonds. The lowest BCUT2D eigenvalue weighted by atomic mass is 10.0. The van der Waals surface area contributed by atoms with E-state index in [0.717, 1.165) is 111 Å². The topological polar surface area (TPSA) is 84.2 Å². The first-order valence-electron chi connectivity index (χ1n) is 39.3. The molecule has 0 bridgehead atoms. The van der Waals surface area contributed by atoms with Crippen LogP contribution in [0.3, 0.4) is 0 Å². The molecule has 0 unspecified atom stereocenters. The van der Waals surface area contributed by atoms with Gasteiger partial charge in [-0.3, -0.25) is 9.13 Å². The molecule has 23 aromatic rings. The van der Waals surface area contributed by atoms with Gasteiger partial charge >= 0.3 is 0 Å². The van der Waals surface area contributed by atoms with Crippen molar-refractivity contribution in [1.29, 1.82) is 0 Å². The number of aromatic nitrogens is 9. The van der Waals surface area contributed by atoms with Gasteiger partial charge in [0.25, 0.3) is 0 Å². The van der Waals surface area contributed by atoms with Gasteiger partial charge in [0.05, 0.1) is 55.5 Å². The van der Waals surface area contributed by atoms with Gasteiger partial charge in [-0.15, -0.1) is 0 Å². The molecule has 0 fully saturated rings. The van der Waals surface area contributed by atoms with Crippen molar-refractivity contribution >= 4 is 98.0 Å². The lowest BCUT2D eigenvalue weighted by molar-refractivity contribution is 0.953. The second-order valence-corrected chi connectivity index (χ2v) is 29.5. The Kier molecular flexibility index (Phi) is 16.4. The van der Waals surface area contributed by atoms with Crippen molar-refractivity contribution in [3.8, 4) is 113 Å². The molecule has 0 aliphatic carbocycles. The number of nitrogens with zero attached hydrogens (tertiary/aromatic N) is 9. The Hall–Kier alpha value is -15.7. The summed E-state index contributed by atoms with van der Waals surface area (Å²) in [6.07, 6.45) is 0. The zero-order chi connectivity index (χ0) is 76.6. The van der Waals surface area contributed by atoms with E-state index in [0.29, 0.717) is 23.5 Å². The largest absolute Gasteiger partial charge is 0.309 e. The van der Waals surface area contributed by atoms with Crippen molar-refractivity contribution in [1.82, 2.24) is 43.2 Å². The van der Waals surface area contributed by atoms with E-state index in [2.05, 4.69) is 376 Å². The SMILES string of the molecule is c1ccc(-c2ccc(-c3cc(-c4ccc(-c5ccccc5)cc4)nc(-n4c5ccccc5c5cc(-c6ccc7c8ccccc8n(-c8ccccc8)c7c6)ccc54)n3)cc2)cc1.c1ccc(-c2nc(-c3ccccc3)nc(-n3c4ccccc4c4cc(-c5ccc6c7ccccc7n(-c7ccc8ccccc8c7)c6c5)ccc43)n2)cc1. The highest BCUT2D eigenvalue weighted by Crippen LogP contribution is 2.43. The minimum Gasteiger partial charge on any atom is -0.309 e. The molecule has 0 aliphatic heterocycles. The van der Waals surface area contributed by atoms with Gasteiger partial charge in [-0.25, -0.2) is 15.0 Å². The van der Waals surface area contributed by atoms with Crippen LogP contribution in [0.2, 0.25) is 0 Å². The second kappa shape index (κ2) is 28.2. The van der Waals surface area contributed by atoms with E-state index in [-0.39, 0.29) is 0 Å². The summed E-state index contributed by atoms with van der Waals surface area (Å²) in [5, 5.41) is 12.0. The first kappa shape index (κ1) is 67.2. The van der Waals surface area contributed by atoms with Gasteiger partial charge in [0, 0.05) is 76.7 Å². The molecule has 6 aromatic heterocycles. The molecular weight excluding hydrogens is 1410 g/mol. The third-order valence-electron chi connectivity index (χ3n) is 22.7. The fourth-order valence-electron chi connectivity index (χ4n) is 17.1. The molecule has 6 heterocycles. The van der Waals surface area contributed by atoms with Crippen molar-refractivity contribution in [2.24, 2.45) is 0 Å². The summed E-state index contributed by atoms with van der Waals surface area (Å²) in [4.78, 5) is 25.9. The Balaban J connectivity index is 0.000000142. The van der Waals surface area contributed by atoms with Crippen LogP contribution < -0.4 is 0 Å². The standard InChI is InChI=1S/C58H38N4.C49H31N5/c1-4-14-39(15-5-1)41-24-28-43(29-25-41)52-38-53(44-30-26-42(27-31-44)40-16-6-2-7-17-40)60-58(59-52)62-55-23-13-11-21-49(55)51-36-45(33-35-56(51)62)46-32-34-50-48-20-10-12-22-54(48)61(57(50)37-46)47-18-8-3-9-19-47;1-3-14-33(15-4-1)47-50-48(34-16-5-2-6-17-34)52-49(51-47)54-44-22-12-10-20-40(44)42-30-36(25-28-45(42)54)37-24-27-41-39-19-9-11-21-43(39)53(46(41)31-37)38-26-23-32-13-7-8-18-35(32)29-38/h1-38H;1-31H. The quantitative estimate of drug-likeness (QED) is 0.122. The maximum Gasteiger partial charge on any atom is 0.238 e. The van der Waals surface area contributed by atoms with Gasteiger partial charge in [0.15, 0.2) is 11.6 Å². The van der Waals surface area contributed by atoms with Gasteiger partial charge in [-0.2, -0.15) is 9.97 Å². The molecule has 0 spiro atoms. The lowest BCUT2D eigenvalue weighted by Crippen LogP contribution is -2.06. The number of benzene rings is 17. The highest BCUT2D eigenvalue weighted by atomic mass is 15.2. The van der Waals surface area contributed by atoms with Gasteiger partial charge in [-0.1, -0.05) is 328 Å². The monoisotopic (exact) mass is 1480 g/mol. The van der Waals surface area contributed by atoms with E-state index in [1.54, 1.807) is 0 Å². The molecule has 23 rings (SSSR count). The summed E-state index contributed by atoms with van der Waals surface area (Å²) in [5.41, 5.74) is 26.2. The normalized spacial score (nSPS) is 11.6. The molecule has 9 nitrogen and oxygen atoms in total. The van der Waals surface area contributed by atoms with E-state index in [9.17, 15) is 0 Å². The third-order valence-corrected chi connectivity index (χ3v) is 22.7. The van der Waals surface area contributed by atoms with Gasteiger partial charge in [-0.05, 0) is 146 Å². The summed E-state index contributed by atoms with van der Waals surface area (Å²) < 4.78 is 9.19. The minimum absolute atomic E-state index is 0.586. The van der Waals surface area contributed by atoms with Crippen molar-refractivity contribution in [2.75, 3.05) is 0 Å². The molecule has 0 aliphatic rings. The number of rotatable bonds is 12. The number of fused-ring (bicyclic) bond motifs is 13. The lowest BCUT2D eigenvalue weighted by Gasteiger charge is -2.13. The van der Waals surface area contributed by atoms with Crippen LogP contribution in [0.4, 0.5) is 0 Å². The van der Waals surface area contributed by atoms with E-state index < -0.39 is 0 Å². The Bertz CT molecular complexity index is 7560. The number of para-hydroxylation sites is 5. The number of hydrogen-bond acceptors (Lipinski definition) is 5. The van der Waals surface area contributed by atoms with Crippen LogP contribution in [0.5, 0.6) is 0 Å². The predicted molar refractivity (Wildman–Crippen MR) is 480 cm³/mol. The Labute approximate surface area is 668 Å². The van der Waals surface area contributed by atoms with Crippen LogP contribution in [0.15, 0.2) is 419 Å². The summed E-state index contributed by atoms with van der Waals surface area (Å²) in [5.74, 6) is 2.49. The number of hydrogen-bond donors (Lipinski definition) is 0. The van der Waals surface area contributed by atoms with Crippen molar-refractivity contribution in [2.45, 2.75) is 0 Å². The smallest absolute Gasteiger partial charge is 0.238 e. The fourth-order valence-corrected chi connectivity index (χ4v) is 17.1. The first-order chi connectivity index (χ1) is 57.5. The molecule has 542 valence electrons. The van der Waals surface area contributed by atoms with Crippen LogP contribution >= 0.6 is 0 Å². The first-order valence-corrected chi connectivity index (χ1v) is 39.3. The fraction of sp³-hybridized carbons (Fsp3) is 0. The molecule has 0 saturated carbocycles. The molecule has 0 N–H and O–H groups in total. The van der Waals surface area contributed by atoms with Gasteiger partial charge in [0.2, 0.25) is 11.9 Å². The minimum atomic E-state index is 0.586. The summed E-state index contributed by atoms with van der Waals surface area (Å²) in [6.45, 7) is 0. The molecule has 116 heavy (non-hydrogen) atoms. The third kappa shape index (κ3) is 11.8. The average Bonchev–Trinajstić information content (AvgIpc) is 1.61. The van der Waals surface area contributed by atoms with Gasteiger partial charge < -0.3 is 9.13 Å². The van der Waals surface area contributed by atoms with Gasteiger partial charge in [0.1, 0.15) is 0 Å². The van der Waals surface area contributed by atoms with Crippen LogP contribution in [-0.2, 0) is 0 Å². The van der Waals surface area contributed by atoms with Crippen molar-refractivity contribution in [3.63, 3.8) is 0 Å². The second-order valence-electron chi connectivity index (χ2n) is 29.5.